The van der Waals surface area contributed by atoms with Crippen LogP contribution in [0, 0.1) is 18.5 Å². The fraction of sp³-hybridized carbons (Fsp3) is 0.375. The molecule has 1 aromatic heterocycles. The summed E-state index contributed by atoms with van der Waals surface area (Å²) in [6.45, 7) is 4.29. The van der Waals surface area contributed by atoms with Gasteiger partial charge in [0.15, 0.2) is 0 Å². The van der Waals surface area contributed by atoms with Gasteiger partial charge in [-0.25, -0.2) is 4.98 Å². The Morgan fingerprint density at radius 1 is 1.21 bits per heavy atom. The van der Waals surface area contributed by atoms with Crippen molar-refractivity contribution in [1.29, 1.82) is 0 Å². The topological polar surface area (TPSA) is 28.7 Å². The second-order valence-electron chi connectivity index (χ2n) is 5.49. The van der Waals surface area contributed by atoms with Crippen LogP contribution < -0.4 is 0 Å². The van der Waals surface area contributed by atoms with Crippen LogP contribution in [0.4, 0.5) is 0 Å². The first kappa shape index (κ1) is 12.5. The van der Waals surface area contributed by atoms with Crippen molar-refractivity contribution in [1.82, 2.24) is 9.97 Å². The molecule has 19 heavy (non-hydrogen) atoms. The molecule has 98 valence electrons. The Morgan fingerprint density at radius 2 is 2.00 bits per heavy atom. The second kappa shape index (κ2) is 4.89. The molecule has 0 aliphatic heterocycles. The van der Waals surface area contributed by atoms with E-state index in [2.05, 4.69) is 42.0 Å². The molecule has 0 unspecified atom stereocenters. The number of hydrogen-bond acceptors (Lipinski definition) is 2. The number of benzene rings is 1. The summed E-state index contributed by atoms with van der Waals surface area (Å²) >= 11 is 5.27. The molecule has 1 aromatic carbocycles. The molecule has 1 N–H and O–H groups in total. The van der Waals surface area contributed by atoms with Gasteiger partial charge in [0.2, 0.25) is 0 Å². The summed E-state index contributed by atoms with van der Waals surface area (Å²) in [5.74, 6) is 1.67. The maximum absolute atomic E-state index is 5.27. The Morgan fingerprint density at radius 3 is 2.68 bits per heavy atom. The van der Waals surface area contributed by atoms with Crippen LogP contribution in [-0.2, 0) is 6.42 Å². The molecule has 0 saturated heterocycles. The first-order valence-electron chi connectivity index (χ1n) is 6.78. The van der Waals surface area contributed by atoms with Gasteiger partial charge in [0, 0.05) is 12.1 Å². The van der Waals surface area contributed by atoms with Crippen molar-refractivity contribution in [2.45, 2.75) is 39.0 Å². The van der Waals surface area contributed by atoms with Crippen LogP contribution in [0.25, 0.3) is 0 Å². The lowest BCUT2D eigenvalue weighted by Crippen LogP contribution is -2.00. The van der Waals surface area contributed by atoms with Crippen molar-refractivity contribution in [2.75, 3.05) is 0 Å². The van der Waals surface area contributed by atoms with Crippen molar-refractivity contribution in [3.05, 3.63) is 57.1 Å². The molecule has 1 fully saturated rings. The number of aromatic nitrogens is 2. The lowest BCUT2D eigenvalue weighted by molar-refractivity contribution is 0.892. The van der Waals surface area contributed by atoms with E-state index in [1.165, 1.54) is 35.2 Å². The standard InChI is InChI=1S/C16H18N2S/c1-10-3-4-12(7-11(10)2)8-15-17-14(13-5-6-13)9-16(19)18-15/h3-4,7,9,13H,5-6,8H2,1-2H3,(H,17,18,19). The fourth-order valence-electron chi connectivity index (χ4n) is 2.33. The van der Waals surface area contributed by atoms with E-state index in [1.54, 1.807) is 0 Å². The molecule has 0 bridgehead atoms. The molecule has 1 aliphatic carbocycles. The van der Waals surface area contributed by atoms with Gasteiger partial charge in [-0.2, -0.15) is 0 Å². The zero-order valence-electron chi connectivity index (χ0n) is 11.4. The summed E-state index contributed by atoms with van der Waals surface area (Å²) in [4.78, 5) is 7.90. The molecule has 2 nitrogen and oxygen atoms in total. The van der Waals surface area contributed by atoms with E-state index in [0.717, 1.165) is 12.2 Å². The van der Waals surface area contributed by atoms with E-state index in [1.807, 2.05) is 6.07 Å². The third-order valence-electron chi connectivity index (χ3n) is 3.77. The van der Waals surface area contributed by atoms with Gasteiger partial charge in [-0.15, -0.1) is 0 Å². The number of aromatic amines is 1. The van der Waals surface area contributed by atoms with E-state index in [4.69, 9.17) is 12.2 Å². The highest BCUT2D eigenvalue weighted by Crippen LogP contribution is 2.38. The Balaban J connectivity index is 1.89. The highest BCUT2D eigenvalue weighted by atomic mass is 32.1. The largest absolute Gasteiger partial charge is 0.347 e. The van der Waals surface area contributed by atoms with Crippen LogP contribution in [0.5, 0.6) is 0 Å². The van der Waals surface area contributed by atoms with Crippen molar-refractivity contribution >= 4 is 12.2 Å². The third kappa shape index (κ3) is 2.92. The molecule has 0 amide bonds. The van der Waals surface area contributed by atoms with E-state index in [-0.39, 0.29) is 0 Å². The molecular formula is C16H18N2S. The Labute approximate surface area is 118 Å². The van der Waals surface area contributed by atoms with Crippen LogP contribution in [0.2, 0.25) is 0 Å². The minimum Gasteiger partial charge on any atom is -0.347 e. The highest BCUT2D eigenvalue weighted by Gasteiger charge is 2.24. The SMILES string of the molecule is Cc1ccc(Cc2nc(=S)cc(C3CC3)[nH]2)cc1C. The van der Waals surface area contributed by atoms with Gasteiger partial charge in [-0.1, -0.05) is 30.4 Å². The number of nitrogens with zero attached hydrogens (tertiary/aromatic N) is 1. The quantitative estimate of drug-likeness (QED) is 0.846. The summed E-state index contributed by atoms with van der Waals surface area (Å²) in [5, 5.41) is 0. The molecule has 1 heterocycles. The number of nitrogens with one attached hydrogen (secondary N) is 1. The average Bonchev–Trinajstić information content (AvgIpc) is 3.17. The van der Waals surface area contributed by atoms with Gasteiger partial charge in [0.1, 0.15) is 10.5 Å². The van der Waals surface area contributed by atoms with E-state index in [9.17, 15) is 0 Å². The summed E-state index contributed by atoms with van der Waals surface area (Å²) in [6.07, 6.45) is 3.38. The number of hydrogen-bond donors (Lipinski definition) is 1. The van der Waals surface area contributed by atoms with Crippen LogP contribution in [0.3, 0.4) is 0 Å². The minimum absolute atomic E-state index is 0.684. The van der Waals surface area contributed by atoms with Crippen molar-refractivity contribution in [2.24, 2.45) is 0 Å². The van der Waals surface area contributed by atoms with Gasteiger partial charge in [0.05, 0.1) is 0 Å². The van der Waals surface area contributed by atoms with Crippen molar-refractivity contribution in [3.8, 4) is 0 Å². The van der Waals surface area contributed by atoms with Gasteiger partial charge in [-0.05, 0) is 55.4 Å². The molecule has 0 atom stereocenters. The van der Waals surface area contributed by atoms with Crippen molar-refractivity contribution in [3.63, 3.8) is 0 Å². The minimum atomic E-state index is 0.684. The lowest BCUT2D eigenvalue weighted by Gasteiger charge is -2.07. The van der Waals surface area contributed by atoms with Crippen LogP contribution in [0.15, 0.2) is 24.3 Å². The molecule has 0 radical (unpaired) electrons. The molecule has 3 rings (SSSR count). The lowest BCUT2D eigenvalue weighted by atomic mass is 10.0. The van der Waals surface area contributed by atoms with Gasteiger partial charge >= 0.3 is 0 Å². The summed E-state index contributed by atoms with van der Waals surface area (Å²) < 4.78 is 0.708. The fourth-order valence-corrected chi connectivity index (χ4v) is 2.57. The number of H-pyrrole nitrogens is 1. The zero-order chi connectivity index (χ0) is 13.4. The van der Waals surface area contributed by atoms with Gasteiger partial charge in [0.25, 0.3) is 0 Å². The Bertz CT molecular complexity index is 669. The average molecular weight is 270 g/mol. The summed E-state index contributed by atoms with van der Waals surface area (Å²) in [5.41, 5.74) is 5.21. The smallest absolute Gasteiger partial charge is 0.130 e. The first-order valence-corrected chi connectivity index (χ1v) is 7.19. The van der Waals surface area contributed by atoms with Gasteiger partial charge in [-0.3, -0.25) is 0 Å². The maximum Gasteiger partial charge on any atom is 0.130 e. The normalized spacial score (nSPS) is 14.6. The predicted octanol–water partition coefficient (Wildman–Crippen LogP) is 4.22. The Hall–Kier alpha value is -1.48. The number of aryl methyl sites for hydroxylation is 2. The Kier molecular flexibility index (Phi) is 3.23. The monoisotopic (exact) mass is 270 g/mol. The predicted molar refractivity (Wildman–Crippen MR) is 80.1 cm³/mol. The van der Waals surface area contributed by atoms with Crippen LogP contribution in [0.1, 0.15) is 47.0 Å². The summed E-state index contributed by atoms with van der Waals surface area (Å²) in [6, 6.07) is 8.59. The van der Waals surface area contributed by atoms with E-state index in [0.29, 0.717) is 10.6 Å². The zero-order valence-corrected chi connectivity index (χ0v) is 12.2. The second-order valence-corrected chi connectivity index (χ2v) is 5.91. The van der Waals surface area contributed by atoms with Crippen molar-refractivity contribution < 1.29 is 0 Å². The molecule has 1 saturated carbocycles. The molecule has 1 aliphatic rings. The van der Waals surface area contributed by atoms with E-state index < -0.39 is 0 Å². The number of rotatable bonds is 3. The van der Waals surface area contributed by atoms with Crippen LogP contribution in [-0.4, -0.2) is 9.97 Å². The third-order valence-corrected chi connectivity index (χ3v) is 3.98. The molecule has 3 heteroatoms. The highest BCUT2D eigenvalue weighted by molar-refractivity contribution is 7.71. The first-order chi connectivity index (χ1) is 9.11. The molecule has 2 aromatic rings. The van der Waals surface area contributed by atoms with E-state index >= 15 is 0 Å². The summed E-state index contributed by atoms with van der Waals surface area (Å²) in [7, 11) is 0. The van der Waals surface area contributed by atoms with Crippen LogP contribution >= 0.6 is 12.2 Å². The van der Waals surface area contributed by atoms with Gasteiger partial charge < -0.3 is 4.98 Å². The molecular weight excluding hydrogens is 252 g/mol. The maximum atomic E-state index is 5.27. The molecule has 0 spiro atoms.